The highest BCUT2D eigenvalue weighted by atomic mass is 16.5. The van der Waals surface area contributed by atoms with Crippen LogP contribution in [0.25, 0.3) is 10.9 Å². The predicted molar refractivity (Wildman–Crippen MR) is 112 cm³/mol. The van der Waals surface area contributed by atoms with Crippen molar-refractivity contribution in [1.29, 1.82) is 0 Å². The van der Waals surface area contributed by atoms with Crippen molar-refractivity contribution in [3.8, 4) is 11.5 Å². The van der Waals surface area contributed by atoms with Crippen LogP contribution < -0.4 is 9.47 Å². The first kappa shape index (κ1) is 17.2. The zero-order valence-electron chi connectivity index (χ0n) is 16.3. The molecule has 0 saturated heterocycles. The van der Waals surface area contributed by atoms with E-state index in [9.17, 15) is 0 Å². The first-order valence-corrected chi connectivity index (χ1v) is 9.98. The van der Waals surface area contributed by atoms with E-state index in [-0.39, 0.29) is 0 Å². The van der Waals surface area contributed by atoms with E-state index in [1.54, 1.807) is 14.2 Å². The maximum atomic E-state index is 5.62. The fraction of sp³-hybridized carbons (Fsp3) is 0.333. The second-order valence-corrected chi connectivity index (χ2v) is 7.61. The molecule has 1 saturated carbocycles. The van der Waals surface area contributed by atoms with Crippen LogP contribution in [-0.4, -0.2) is 31.0 Å². The molecule has 2 aliphatic rings. The van der Waals surface area contributed by atoms with Gasteiger partial charge in [-0.25, -0.2) is 0 Å². The third kappa shape index (κ3) is 2.67. The Balaban J connectivity index is 1.77. The van der Waals surface area contributed by atoms with Crippen LogP contribution in [-0.2, 0) is 0 Å². The zero-order valence-corrected chi connectivity index (χ0v) is 16.3. The highest BCUT2D eigenvalue weighted by Gasteiger charge is 2.35. The van der Waals surface area contributed by atoms with Crippen LogP contribution in [0.5, 0.6) is 11.5 Å². The first-order chi connectivity index (χ1) is 13.8. The highest BCUT2D eigenvalue weighted by Crippen LogP contribution is 2.45. The number of fused-ring (bicyclic) bond motifs is 4. The van der Waals surface area contributed by atoms with Crippen LogP contribution in [0.15, 0.2) is 53.7 Å². The van der Waals surface area contributed by atoms with Crippen LogP contribution in [0.3, 0.4) is 0 Å². The predicted octanol–water partition coefficient (Wildman–Crippen LogP) is 5.13. The summed E-state index contributed by atoms with van der Waals surface area (Å²) < 4.78 is 11.2. The minimum Gasteiger partial charge on any atom is -0.493 e. The molecule has 3 aromatic rings. The Morgan fingerprint density at radius 3 is 2.54 bits per heavy atom. The van der Waals surface area contributed by atoms with Crippen molar-refractivity contribution < 1.29 is 9.47 Å². The van der Waals surface area contributed by atoms with Gasteiger partial charge in [-0.3, -0.25) is 9.98 Å². The van der Waals surface area contributed by atoms with Gasteiger partial charge in [0, 0.05) is 28.6 Å². The molecule has 1 fully saturated rings. The molecule has 0 unspecified atom stereocenters. The number of nitrogens with zero attached hydrogens (tertiary/aromatic N) is 2. The second kappa shape index (κ2) is 6.93. The molecule has 2 atom stereocenters. The third-order valence-corrected chi connectivity index (χ3v) is 6.14. The number of rotatable bonds is 3. The van der Waals surface area contributed by atoms with Gasteiger partial charge in [-0.1, -0.05) is 31.0 Å². The number of pyridine rings is 1. The third-order valence-electron chi connectivity index (χ3n) is 6.14. The van der Waals surface area contributed by atoms with Crippen molar-refractivity contribution in [1.82, 2.24) is 4.98 Å². The standard InChI is InChI=1S/C24H24N2O2/c1-27-22-13-18-16-8-4-6-10-21(16)26-24(19(18)14-23(22)28-2)17-11-12-25-20-9-5-3-7-15(17)20/h3,5,7,9,11-14,16,21H,4,6,8,10H2,1-2H3/t16-,21-/m0/s1. The fourth-order valence-corrected chi connectivity index (χ4v) is 4.79. The molecule has 1 aliphatic carbocycles. The lowest BCUT2D eigenvalue weighted by atomic mass is 9.74. The molecule has 0 bridgehead atoms. The smallest absolute Gasteiger partial charge is 0.161 e. The van der Waals surface area contributed by atoms with Gasteiger partial charge in [0.15, 0.2) is 11.5 Å². The maximum Gasteiger partial charge on any atom is 0.161 e. The summed E-state index contributed by atoms with van der Waals surface area (Å²) in [7, 11) is 3.39. The summed E-state index contributed by atoms with van der Waals surface area (Å²) in [5, 5.41) is 1.14. The Kier molecular flexibility index (Phi) is 4.27. The molecular weight excluding hydrogens is 348 g/mol. The van der Waals surface area contributed by atoms with Crippen LogP contribution in [0.4, 0.5) is 0 Å². The van der Waals surface area contributed by atoms with Crippen LogP contribution in [0, 0.1) is 0 Å². The number of aromatic nitrogens is 1. The molecule has 1 aromatic heterocycles. The monoisotopic (exact) mass is 372 g/mol. The van der Waals surface area contributed by atoms with E-state index in [0.29, 0.717) is 12.0 Å². The van der Waals surface area contributed by atoms with Crippen LogP contribution in [0.2, 0.25) is 0 Å². The Morgan fingerprint density at radius 2 is 1.68 bits per heavy atom. The lowest BCUT2D eigenvalue weighted by molar-refractivity contribution is 0.349. The molecule has 4 nitrogen and oxygen atoms in total. The lowest BCUT2D eigenvalue weighted by Gasteiger charge is -2.36. The van der Waals surface area contributed by atoms with Crippen LogP contribution >= 0.6 is 0 Å². The Labute approximate surface area is 165 Å². The van der Waals surface area contributed by atoms with E-state index in [0.717, 1.165) is 45.7 Å². The number of aliphatic imine (C=N–C) groups is 1. The van der Waals surface area contributed by atoms with Gasteiger partial charge in [0.2, 0.25) is 0 Å². The molecule has 0 spiro atoms. The molecule has 0 radical (unpaired) electrons. The lowest BCUT2D eigenvalue weighted by Crippen LogP contribution is -2.29. The molecule has 2 heterocycles. The molecule has 4 heteroatoms. The summed E-state index contributed by atoms with van der Waals surface area (Å²) in [6.07, 6.45) is 6.72. The molecule has 0 amide bonds. The van der Waals surface area contributed by atoms with Crippen molar-refractivity contribution in [3.05, 3.63) is 65.4 Å². The summed E-state index contributed by atoms with van der Waals surface area (Å²) in [5.41, 5.74) is 5.70. The normalized spacial score (nSPS) is 20.9. The van der Waals surface area contributed by atoms with E-state index in [1.165, 1.54) is 24.8 Å². The molecule has 2 aromatic carbocycles. The van der Waals surface area contributed by atoms with Crippen molar-refractivity contribution >= 4 is 16.6 Å². The minimum absolute atomic E-state index is 0.335. The second-order valence-electron chi connectivity index (χ2n) is 7.61. The molecule has 5 rings (SSSR count). The van der Waals surface area contributed by atoms with Gasteiger partial charge < -0.3 is 9.47 Å². The number of ether oxygens (including phenoxy) is 2. The number of methoxy groups -OCH3 is 2. The molecule has 0 N–H and O–H groups in total. The Morgan fingerprint density at radius 1 is 0.893 bits per heavy atom. The number of hydrogen-bond acceptors (Lipinski definition) is 4. The van der Waals surface area contributed by atoms with E-state index < -0.39 is 0 Å². The van der Waals surface area contributed by atoms with Crippen molar-refractivity contribution in [2.75, 3.05) is 14.2 Å². The van der Waals surface area contributed by atoms with E-state index in [2.05, 4.69) is 41.4 Å². The summed E-state index contributed by atoms with van der Waals surface area (Å²) in [6.45, 7) is 0. The summed E-state index contributed by atoms with van der Waals surface area (Å²) >= 11 is 0. The summed E-state index contributed by atoms with van der Waals surface area (Å²) in [6, 6.07) is 15.0. The number of para-hydroxylation sites is 1. The number of hydrogen-bond donors (Lipinski definition) is 0. The minimum atomic E-state index is 0.335. The zero-order chi connectivity index (χ0) is 19.1. The highest BCUT2D eigenvalue weighted by molar-refractivity contribution is 6.20. The van der Waals surface area contributed by atoms with E-state index in [1.807, 2.05) is 12.3 Å². The SMILES string of the molecule is COc1cc2c(cc1OC)[C@@H]1CCCC[C@@H]1N=C2c1ccnc2ccccc12. The van der Waals surface area contributed by atoms with Gasteiger partial charge in [0.05, 0.1) is 31.5 Å². The molecule has 142 valence electrons. The van der Waals surface area contributed by atoms with E-state index >= 15 is 0 Å². The van der Waals surface area contributed by atoms with Crippen molar-refractivity contribution in [3.63, 3.8) is 0 Å². The van der Waals surface area contributed by atoms with Gasteiger partial charge in [0.25, 0.3) is 0 Å². The molecule has 1 aliphatic heterocycles. The Bertz CT molecular complexity index is 1070. The van der Waals surface area contributed by atoms with Gasteiger partial charge in [-0.2, -0.15) is 0 Å². The fourth-order valence-electron chi connectivity index (χ4n) is 4.79. The van der Waals surface area contributed by atoms with Gasteiger partial charge in [0.1, 0.15) is 0 Å². The Hall–Kier alpha value is -2.88. The maximum absolute atomic E-state index is 5.62. The van der Waals surface area contributed by atoms with E-state index in [4.69, 9.17) is 14.5 Å². The average Bonchev–Trinajstić information content (AvgIpc) is 2.77. The van der Waals surface area contributed by atoms with Gasteiger partial charge in [-0.05, 0) is 42.7 Å². The number of benzene rings is 2. The summed E-state index contributed by atoms with van der Waals surface area (Å²) in [4.78, 5) is 9.82. The van der Waals surface area contributed by atoms with Gasteiger partial charge >= 0.3 is 0 Å². The first-order valence-electron chi connectivity index (χ1n) is 9.98. The van der Waals surface area contributed by atoms with Crippen molar-refractivity contribution in [2.45, 2.75) is 37.6 Å². The average molecular weight is 372 g/mol. The van der Waals surface area contributed by atoms with Crippen LogP contribution in [0.1, 0.15) is 48.3 Å². The summed E-state index contributed by atoms with van der Waals surface area (Å²) in [5.74, 6) is 2.01. The molecule has 28 heavy (non-hydrogen) atoms. The largest absolute Gasteiger partial charge is 0.493 e. The molecular formula is C24H24N2O2. The quantitative estimate of drug-likeness (QED) is 0.640. The topological polar surface area (TPSA) is 43.7 Å². The van der Waals surface area contributed by atoms with Crippen molar-refractivity contribution in [2.24, 2.45) is 4.99 Å². The van der Waals surface area contributed by atoms with Gasteiger partial charge in [-0.15, -0.1) is 0 Å².